The van der Waals surface area contributed by atoms with Crippen molar-refractivity contribution in [2.75, 3.05) is 18.4 Å². The summed E-state index contributed by atoms with van der Waals surface area (Å²) in [5, 5.41) is 14.8. The topological polar surface area (TPSA) is 100 Å². The molecule has 1 aliphatic rings. The SMILES string of the molecule is CC(=O)NC1CCCN(C(=O)Nc2nnc(-c3ccccn3)s2)C1. The van der Waals surface area contributed by atoms with E-state index in [9.17, 15) is 9.59 Å². The van der Waals surface area contributed by atoms with Crippen LogP contribution in [-0.2, 0) is 4.79 Å². The van der Waals surface area contributed by atoms with Crippen LogP contribution in [0.3, 0.4) is 0 Å². The Balaban J connectivity index is 1.61. The third-order valence-electron chi connectivity index (χ3n) is 3.64. The zero-order valence-electron chi connectivity index (χ0n) is 13.2. The van der Waals surface area contributed by atoms with Gasteiger partial charge in [0.15, 0.2) is 5.01 Å². The van der Waals surface area contributed by atoms with Crippen molar-refractivity contribution in [2.45, 2.75) is 25.8 Å². The molecule has 3 rings (SSSR count). The van der Waals surface area contributed by atoms with Gasteiger partial charge in [-0.3, -0.25) is 15.1 Å². The summed E-state index contributed by atoms with van der Waals surface area (Å²) in [6.45, 7) is 2.64. The van der Waals surface area contributed by atoms with E-state index in [1.165, 1.54) is 18.3 Å². The van der Waals surface area contributed by atoms with Gasteiger partial charge >= 0.3 is 6.03 Å². The number of likely N-dealkylation sites (tertiary alicyclic amines) is 1. The van der Waals surface area contributed by atoms with Gasteiger partial charge in [0.1, 0.15) is 5.69 Å². The van der Waals surface area contributed by atoms with Gasteiger partial charge in [-0.25, -0.2) is 4.79 Å². The molecule has 126 valence electrons. The van der Waals surface area contributed by atoms with Crippen LogP contribution in [-0.4, -0.2) is 51.2 Å². The molecule has 9 heteroatoms. The normalized spacial score (nSPS) is 17.4. The van der Waals surface area contributed by atoms with Gasteiger partial charge in [0, 0.05) is 32.3 Å². The van der Waals surface area contributed by atoms with Crippen LogP contribution in [0.4, 0.5) is 9.93 Å². The summed E-state index contributed by atoms with van der Waals surface area (Å²) in [5.74, 6) is -0.0774. The largest absolute Gasteiger partial charge is 0.352 e. The summed E-state index contributed by atoms with van der Waals surface area (Å²) in [6.07, 6.45) is 3.42. The number of piperidine rings is 1. The third-order valence-corrected chi connectivity index (χ3v) is 4.50. The van der Waals surface area contributed by atoms with Gasteiger partial charge in [-0.05, 0) is 25.0 Å². The molecule has 2 aromatic rings. The second kappa shape index (κ2) is 7.35. The lowest BCUT2D eigenvalue weighted by molar-refractivity contribution is -0.119. The number of carbonyl (C=O) groups excluding carboxylic acids is 2. The fourth-order valence-electron chi connectivity index (χ4n) is 2.60. The Morgan fingerprint density at radius 2 is 2.21 bits per heavy atom. The van der Waals surface area contributed by atoms with Crippen LogP contribution in [0, 0.1) is 0 Å². The first-order valence-corrected chi connectivity index (χ1v) is 8.51. The van der Waals surface area contributed by atoms with E-state index < -0.39 is 0 Å². The predicted octanol–water partition coefficient (Wildman–Crippen LogP) is 1.73. The van der Waals surface area contributed by atoms with Crippen molar-refractivity contribution < 1.29 is 9.59 Å². The minimum absolute atomic E-state index is 0.000463. The van der Waals surface area contributed by atoms with Crippen molar-refractivity contribution >= 4 is 28.4 Å². The van der Waals surface area contributed by atoms with Crippen LogP contribution < -0.4 is 10.6 Å². The second-order valence-electron chi connectivity index (χ2n) is 5.54. The fraction of sp³-hybridized carbons (Fsp3) is 0.400. The van der Waals surface area contributed by atoms with Crippen LogP contribution in [0.25, 0.3) is 10.7 Å². The smallest absolute Gasteiger partial charge is 0.323 e. The molecule has 1 unspecified atom stereocenters. The van der Waals surface area contributed by atoms with E-state index in [0.717, 1.165) is 18.5 Å². The van der Waals surface area contributed by atoms with Gasteiger partial charge in [0.05, 0.1) is 0 Å². The molecule has 0 spiro atoms. The van der Waals surface area contributed by atoms with E-state index >= 15 is 0 Å². The number of carbonyl (C=O) groups is 2. The number of pyridine rings is 1. The molecule has 2 aromatic heterocycles. The zero-order valence-corrected chi connectivity index (χ0v) is 14.0. The maximum Gasteiger partial charge on any atom is 0.323 e. The number of nitrogens with zero attached hydrogens (tertiary/aromatic N) is 4. The molecule has 1 fully saturated rings. The summed E-state index contributed by atoms with van der Waals surface area (Å²) in [7, 11) is 0. The molecule has 0 radical (unpaired) electrons. The fourth-order valence-corrected chi connectivity index (χ4v) is 3.31. The Morgan fingerprint density at radius 1 is 1.33 bits per heavy atom. The van der Waals surface area contributed by atoms with Crippen molar-refractivity contribution in [3.63, 3.8) is 0 Å². The van der Waals surface area contributed by atoms with Gasteiger partial charge in [0.2, 0.25) is 11.0 Å². The molecule has 3 heterocycles. The van der Waals surface area contributed by atoms with Crippen molar-refractivity contribution in [2.24, 2.45) is 0 Å². The monoisotopic (exact) mass is 346 g/mol. The highest BCUT2D eigenvalue weighted by molar-refractivity contribution is 7.18. The minimum atomic E-state index is -0.228. The number of rotatable bonds is 3. The number of nitrogens with one attached hydrogen (secondary N) is 2. The van der Waals surface area contributed by atoms with Crippen molar-refractivity contribution in [1.82, 2.24) is 25.4 Å². The first-order valence-electron chi connectivity index (χ1n) is 7.70. The highest BCUT2D eigenvalue weighted by Crippen LogP contribution is 2.24. The Hall–Kier alpha value is -2.55. The Labute approximate surface area is 143 Å². The Morgan fingerprint density at radius 3 is 2.96 bits per heavy atom. The lowest BCUT2D eigenvalue weighted by Gasteiger charge is -2.32. The summed E-state index contributed by atoms with van der Waals surface area (Å²) in [4.78, 5) is 29.4. The van der Waals surface area contributed by atoms with Gasteiger partial charge in [-0.2, -0.15) is 0 Å². The predicted molar refractivity (Wildman–Crippen MR) is 90.6 cm³/mol. The quantitative estimate of drug-likeness (QED) is 0.881. The van der Waals surface area contributed by atoms with E-state index in [-0.39, 0.29) is 18.0 Å². The van der Waals surface area contributed by atoms with Crippen molar-refractivity contribution in [3.05, 3.63) is 24.4 Å². The van der Waals surface area contributed by atoms with Gasteiger partial charge in [-0.15, -0.1) is 10.2 Å². The molecule has 0 saturated carbocycles. The number of amides is 3. The van der Waals surface area contributed by atoms with Gasteiger partial charge < -0.3 is 10.2 Å². The zero-order chi connectivity index (χ0) is 16.9. The molecule has 2 N–H and O–H groups in total. The average molecular weight is 346 g/mol. The van der Waals surface area contributed by atoms with E-state index in [1.807, 2.05) is 18.2 Å². The molecule has 24 heavy (non-hydrogen) atoms. The summed E-state index contributed by atoms with van der Waals surface area (Å²) in [5.41, 5.74) is 0.721. The van der Waals surface area contributed by atoms with Crippen LogP contribution >= 0.6 is 11.3 Å². The first kappa shape index (κ1) is 16.3. The number of aromatic nitrogens is 3. The summed E-state index contributed by atoms with van der Waals surface area (Å²) >= 11 is 1.28. The molecule has 0 bridgehead atoms. The lowest BCUT2D eigenvalue weighted by atomic mass is 10.1. The van der Waals surface area contributed by atoms with E-state index in [4.69, 9.17) is 0 Å². The molecule has 1 aliphatic heterocycles. The summed E-state index contributed by atoms with van der Waals surface area (Å²) in [6, 6.07) is 5.32. The molecular formula is C15H18N6O2S. The van der Waals surface area contributed by atoms with Crippen LogP contribution in [0.1, 0.15) is 19.8 Å². The molecular weight excluding hydrogens is 328 g/mol. The van der Waals surface area contributed by atoms with Crippen LogP contribution in [0.5, 0.6) is 0 Å². The van der Waals surface area contributed by atoms with Crippen LogP contribution in [0.2, 0.25) is 0 Å². The van der Waals surface area contributed by atoms with Gasteiger partial charge in [-0.1, -0.05) is 17.4 Å². The average Bonchev–Trinajstić information content (AvgIpc) is 3.04. The lowest BCUT2D eigenvalue weighted by Crippen LogP contribution is -2.50. The number of hydrogen-bond acceptors (Lipinski definition) is 6. The van der Waals surface area contributed by atoms with E-state index in [0.29, 0.717) is 23.2 Å². The van der Waals surface area contributed by atoms with Gasteiger partial charge in [0.25, 0.3) is 0 Å². The maximum atomic E-state index is 12.4. The summed E-state index contributed by atoms with van der Waals surface area (Å²) < 4.78 is 0. The van der Waals surface area contributed by atoms with E-state index in [1.54, 1.807) is 11.1 Å². The molecule has 3 amide bonds. The molecule has 1 atom stereocenters. The van der Waals surface area contributed by atoms with E-state index in [2.05, 4.69) is 25.8 Å². The molecule has 8 nitrogen and oxygen atoms in total. The molecule has 0 aromatic carbocycles. The van der Waals surface area contributed by atoms with Crippen molar-refractivity contribution in [1.29, 1.82) is 0 Å². The standard InChI is InChI=1S/C15H18N6O2S/c1-10(22)17-11-5-4-8-21(9-11)15(23)18-14-20-19-13(24-14)12-6-2-3-7-16-12/h2-3,6-7,11H,4-5,8-9H2,1H3,(H,17,22)(H,18,20,23). The number of urea groups is 1. The van der Waals surface area contributed by atoms with Crippen LogP contribution in [0.15, 0.2) is 24.4 Å². The maximum absolute atomic E-state index is 12.4. The highest BCUT2D eigenvalue weighted by atomic mass is 32.1. The number of anilines is 1. The van der Waals surface area contributed by atoms with Crippen molar-refractivity contribution in [3.8, 4) is 10.7 Å². The molecule has 0 aliphatic carbocycles. The second-order valence-corrected chi connectivity index (χ2v) is 6.52. The minimum Gasteiger partial charge on any atom is -0.352 e. The Bertz CT molecular complexity index is 720. The highest BCUT2D eigenvalue weighted by Gasteiger charge is 2.24. The number of hydrogen-bond donors (Lipinski definition) is 2. The first-order chi connectivity index (χ1) is 11.6. The Kier molecular flexibility index (Phi) is 4.99. The molecule has 1 saturated heterocycles. The third kappa shape index (κ3) is 4.05.